The van der Waals surface area contributed by atoms with Crippen LogP contribution in [0.1, 0.15) is 37.8 Å². The van der Waals surface area contributed by atoms with Gasteiger partial charge in [0.1, 0.15) is 12.4 Å². The first-order valence-electron chi connectivity index (χ1n) is 8.57. The molecule has 4 nitrogen and oxygen atoms in total. The fraction of sp³-hybridized carbons (Fsp3) is 0.368. The first-order valence-corrected chi connectivity index (χ1v) is 9.38. The number of pyridine rings is 1. The van der Waals surface area contributed by atoms with Gasteiger partial charge >= 0.3 is 0 Å². The average molecular weight is 339 g/mol. The lowest BCUT2D eigenvalue weighted by Gasteiger charge is -2.22. The summed E-state index contributed by atoms with van der Waals surface area (Å²) in [6.45, 7) is 0.484. The van der Waals surface area contributed by atoms with E-state index in [0.29, 0.717) is 12.6 Å². The van der Waals surface area contributed by atoms with Gasteiger partial charge in [-0.1, -0.05) is 36.7 Å². The van der Waals surface area contributed by atoms with Crippen LogP contribution >= 0.6 is 11.3 Å². The van der Waals surface area contributed by atoms with Crippen molar-refractivity contribution in [2.45, 2.75) is 44.8 Å². The molecule has 1 aliphatic rings. The Kier molecular flexibility index (Phi) is 4.60. The SMILES string of the molecule is c1ccc(COc2ccc3nc(NC4CCCCC4)sc3c2)nc1. The number of rotatable bonds is 5. The number of hydrogen-bond acceptors (Lipinski definition) is 5. The van der Waals surface area contributed by atoms with Gasteiger partial charge in [0.15, 0.2) is 5.13 Å². The number of nitrogens with zero attached hydrogens (tertiary/aromatic N) is 2. The first-order chi connectivity index (χ1) is 11.9. The van der Waals surface area contributed by atoms with Gasteiger partial charge in [0.05, 0.1) is 15.9 Å². The zero-order valence-electron chi connectivity index (χ0n) is 13.6. The van der Waals surface area contributed by atoms with E-state index >= 15 is 0 Å². The summed E-state index contributed by atoms with van der Waals surface area (Å²) >= 11 is 1.71. The maximum absolute atomic E-state index is 5.86. The van der Waals surface area contributed by atoms with Gasteiger partial charge in [-0.25, -0.2) is 4.98 Å². The van der Waals surface area contributed by atoms with E-state index in [2.05, 4.69) is 16.4 Å². The molecule has 0 spiro atoms. The number of nitrogens with one attached hydrogen (secondary N) is 1. The van der Waals surface area contributed by atoms with Gasteiger partial charge in [-0.3, -0.25) is 4.98 Å². The van der Waals surface area contributed by atoms with Crippen LogP contribution in [0.25, 0.3) is 10.2 Å². The van der Waals surface area contributed by atoms with Crippen molar-refractivity contribution in [1.29, 1.82) is 0 Å². The van der Waals surface area contributed by atoms with E-state index in [0.717, 1.165) is 26.8 Å². The molecule has 0 atom stereocenters. The molecule has 5 heteroatoms. The normalized spacial score (nSPS) is 15.5. The number of fused-ring (bicyclic) bond motifs is 1. The molecular weight excluding hydrogens is 318 g/mol. The van der Waals surface area contributed by atoms with E-state index in [1.807, 2.05) is 30.3 Å². The Morgan fingerprint density at radius 3 is 2.88 bits per heavy atom. The summed E-state index contributed by atoms with van der Waals surface area (Å²) in [5, 5.41) is 4.63. The number of thiazole rings is 1. The molecule has 0 bridgehead atoms. The van der Waals surface area contributed by atoms with E-state index in [4.69, 9.17) is 9.72 Å². The fourth-order valence-electron chi connectivity index (χ4n) is 3.12. The summed E-state index contributed by atoms with van der Waals surface area (Å²) in [6.07, 6.45) is 8.33. The van der Waals surface area contributed by atoms with Crippen LogP contribution in [-0.2, 0) is 6.61 Å². The Balaban J connectivity index is 1.44. The number of aromatic nitrogens is 2. The van der Waals surface area contributed by atoms with E-state index in [1.165, 1.54) is 32.1 Å². The molecule has 124 valence electrons. The summed E-state index contributed by atoms with van der Waals surface area (Å²) in [6, 6.07) is 12.5. The summed E-state index contributed by atoms with van der Waals surface area (Å²) in [4.78, 5) is 8.99. The molecule has 2 heterocycles. The largest absolute Gasteiger partial charge is 0.487 e. The van der Waals surface area contributed by atoms with Gasteiger partial charge < -0.3 is 10.1 Å². The number of benzene rings is 1. The van der Waals surface area contributed by atoms with Gasteiger partial charge in [-0.05, 0) is 43.2 Å². The Bertz CT molecular complexity index is 797. The third-order valence-electron chi connectivity index (χ3n) is 4.41. The van der Waals surface area contributed by atoms with Crippen LogP contribution in [0.2, 0.25) is 0 Å². The molecule has 3 aromatic rings. The van der Waals surface area contributed by atoms with Crippen molar-refractivity contribution in [2.75, 3.05) is 5.32 Å². The summed E-state index contributed by atoms with van der Waals surface area (Å²) in [7, 11) is 0. The van der Waals surface area contributed by atoms with E-state index in [1.54, 1.807) is 17.5 Å². The maximum atomic E-state index is 5.86. The molecule has 0 amide bonds. The Labute approximate surface area is 145 Å². The highest BCUT2D eigenvalue weighted by atomic mass is 32.1. The molecule has 0 radical (unpaired) electrons. The van der Waals surface area contributed by atoms with Crippen molar-refractivity contribution in [3.63, 3.8) is 0 Å². The van der Waals surface area contributed by atoms with Gasteiger partial charge in [-0.15, -0.1) is 0 Å². The van der Waals surface area contributed by atoms with Crippen LogP contribution in [0.4, 0.5) is 5.13 Å². The van der Waals surface area contributed by atoms with Crippen molar-refractivity contribution < 1.29 is 4.74 Å². The average Bonchev–Trinajstić information content (AvgIpc) is 3.03. The first kappa shape index (κ1) is 15.4. The molecule has 2 aromatic heterocycles. The third kappa shape index (κ3) is 3.67. The Morgan fingerprint density at radius 1 is 1.12 bits per heavy atom. The summed E-state index contributed by atoms with van der Waals surface area (Å²) < 4.78 is 7.01. The quantitative estimate of drug-likeness (QED) is 0.709. The molecule has 0 unspecified atom stereocenters. The highest BCUT2D eigenvalue weighted by molar-refractivity contribution is 7.22. The molecular formula is C19H21N3OS. The highest BCUT2D eigenvalue weighted by Gasteiger charge is 2.15. The van der Waals surface area contributed by atoms with E-state index < -0.39 is 0 Å². The van der Waals surface area contributed by atoms with Crippen LogP contribution < -0.4 is 10.1 Å². The highest BCUT2D eigenvalue weighted by Crippen LogP contribution is 2.31. The second-order valence-electron chi connectivity index (χ2n) is 6.24. The molecule has 24 heavy (non-hydrogen) atoms. The topological polar surface area (TPSA) is 47.0 Å². The lowest BCUT2D eigenvalue weighted by molar-refractivity contribution is 0.302. The second-order valence-corrected chi connectivity index (χ2v) is 7.27. The van der Waals surface area contributed by atoms with Crippen molar-refractivity contribution in [3.05, 3.63) is 48.3 Å². The molecule has 1 aromatic carbocycles. The van der Waals surface area contributed by atoms with Crippen molar-refractivity contribution in [1.82, 2.24) is 9.97 Å². The number of anilines is 1. The van der Waals surface area contributed by atoms with Crippen molar-refractivity contribution >= 4 is 26.7 Å². The number of ether oxygens (including phenoxy) is 1. The molecule has 1 aliphatic carbocycles. The molecule has 1 N–H and O–H groups in total. The van der Waals surface area contributed by atoms with Gasteiger partial charge in [-0.2, -0.15) is 0 Å². The van der Waals surface area contributed by atoms with Gasteiger partial charge in [0.25, 0.3) is 0 Å². The van der Waals surface area contributed by atoms with Crippen LogP contribution in [0.3, 0.4) is 0 Å². The standard InChI is InChI=1S/C19H21N3OS/c1-2-6-14(7-3-1)21-19-22-17-10-9-16(12-18(17)24-19)23-13-15-8-4-5-11-20-15/h4-5,8-12,14H,1-3,6-7,13H2,(H,21,22). The molecule has 1 fully saturated rings. The van der Waals surface area contributed by atoms with E-state index in [-0.39, 0.29) is 0 Å². The maximum Gasteiger partial charge on any atom is 0.184 e. The minimum Gasteiger partial charge on any atom is -0.487 e. The Hall–Kier alpha value is -2.14. The predicted molar refractivity (Wildman–Crippen MR) is 98.7 cm³/mol. The number of hydrogen-bond donors (Lipinski definition) is 1. The molecule has 1 saturated carbocycles. The zero-order chi connectivity index (χ0) is 16.2. The van der Waals surface area contributed by atoms with Crippen LogP contribution in [0.15, 0.2) is 42.6 Å². The molecule has 4 rings (SSSR count). The van der Waals surface area contributed by atoms with Crippen molar-refractivity contribution in [2.24, 2.45) is 0 Å². The lowest BCUT2D eigenvalue weighted by atomic mass is 9.96. The lowest BCUT2D eigenvalue weighted by Crippen LogP contribution is -2.21. The van der Waals surface area contributed by atoms with Gasteiger partial charge in [0.2, 0.25) is 0 Å². The molecule has 0 saturated heterocycles. The third-order valence-corrected chi connectivity index (χ3v) is 5.35. The van der Waals surface area contributed by atoms with Crippen LogP contribution in [-0.4, -0.2) is 16.0 Å². The summed E-state index contributed by atoms with van der Waals surface area (Å²) in [5.74, 6) is 0.862. The van der Waals surface area contributed by atoms with Crippen LogP contribution in [0.5, 0.6) is 5.75 Å². The smallest absolute Gasteiger partial charge is 0.184 e. The minimum atomic E-state index is 0.484. The minimum absolute atomic E-state index is 0.484. The second kappa shape index (κ2) is 7.18. The molecule has 0 aliphatic heterocycles. The monoisotopic (exact) mass is 339 g/mol. The fourth-order valence-corrected chi connectivity index (χ4v) is 4.09. The Morgan fingerprint density at radius 2 is 2.04 bits per heavy atom. The van der Waals surface area contributed by atoms with E-state index in [9.17, 15) is 0 Å². The summed E-state index contributed by atoms with van der Waals surface area (Å²) in [5.41, 5.74) is 1.96. The van der Waals surface area contributed by atoms with Crippen molar-refractivity contribution in [3.8, 4) is 5.75 Å². The predicted octanol–water partition coefficient (Wildman–Crippen LogP) is 5.01. The zero-order valence-corrected chi connectivity index (χ0v) is 14.4. The van der Waals surface area contributed by atoms with Crippen LogP contribution in [0, 0.1) is 0 Å². The van der Waals surface area contributed by atoms with Gasteiger partial charge in [0, 0.05) is 12.2 Å².